The third-order valence-electron chi connectivity index (χ3n) is 3.60. The van der Waals surface area contributed by atoms with Crippen molar-refractivity contribution in [2.45, 2.75) is 31.8 Å². The molecule has 17 heavy (non-hydrogen) atoms. The molecule has 0 radical (unpaired) electrons. The zero-order valence-corrected chi connectivity index (χ0v) is 10.1. The summed E-state index contributed by atoms with van der Waals surface area (Å²) in [6.07, 6.45) is 5.06. The summed E-state index contributed by atoms with van der Waals surface area (Å²) in [6, 6.07) is 6.74. The lowest BCUT2D eigenvalue weighted by atomic mass is 10.1. The van der Waals surface area contributed by atoms with Crippen LogP contribution in [0.15, 0.2) is 18.2 Å². The van der Waals surface area contributed by atoms with Gasteiger partial charge in [0.1, 0.15) is 6.79 Å². The summed E-state index contributed by atoms with van der Waals surface area (Å²) < 4.78 is 10.7. The van der Waals surface area contributed by atoms with Crippen molar-refractivity contribution in [1.29, 1.82) is 0 Å². The Morgan fingerprint density at radius 2 is 2.18 bits per heavy atom. The van der Waals surface area contributed by atoms with E-state index in [-0.39, 0.29) is 6.10 Å². The topological polar surface area (TPSA) is 30.5 Å². The summed E-state index contributed by atoms with van der Waals surface area (Å²) in [5.74, 6) is 0. The van der Waals surface area contributed by atoms with Gasteiger partial charge in [-0.25, -0.2) is 0 Å². The molecule has 1 N–H and O–H groups in total. The minimum absolute atomic E-state index is 0.289. The van der Waals surface area contributed by atoms with Crippen LogP contribution in [0, 0.1) is 0 Å². The van der Waals surface area contributed by atoms with Crippen LogP contribution in [-0.2, 0) is 22.3 Å². The monoisotopic (exact) mass is 233 g/mol. The molecule has 1 aliphatic heterocycles. The molecule has 0 aromatic heterocycles. The standard InChI is InChI=1S/C14H19NO2/c1-2-11-4-5-13(8-12(11)3-1)15-9-14-6-7-16-10-17-14/h4-5,8,14-15H,1-3,6-7,9-10H2. The lowest BCUT2D eigenvalue weighted by molar-refractivity contribution is -0.133. The third kappa shape index (κ3) is 2.61. The van der Waals surface area contributed by atoms with E-state index in [9.17, 15) is 0 Å². The maximum absolute atomic E-state index is 5.51. The minimum atomic E-state index is 0.289. The molecule has 1 fully saturated rings. The molecule has 0 spiro atoms. The van der Waals surface area contributed by atoms with Crippen LogP contribution in [0.2, 0.25) is 0 Å². The number of hydrogen-bond donors (Lipinski definition) is 1. The minimum Gasteiger partial charge on any atom is -0.382 e. The SMILES string of the molecule is c1cc2c(cc1NCC1CCOCO1)CCC2. The Hall–Kier alpha value is -1.06. The van der Waals surface area contributed by atoms with Crippen molar-refractivity contribution in [3.05, 3.63) is 29.3 Å². The number of anilines is 1. The maximum atomic E-state index is 5.51. The van der Waals surface area contributed by atoms with Gasteiger partial charge in [-0.1, -0.05) is 6.07 Å². The number of ether oxygens (including phenoxy) is 2. The predicted octanol–water partition coefficient (Wildman–Crippen LogP) is 2.35. The first-order valence-corrected chi connectivity index (χ1v) is 6.47. The van der Waals surface area contributed by atoms with Gasteiger partial charge >= 0.3 is 0 Å². The van der Waals surface area contributed by atoms with Gasteiger partial charge < -0.3 is 14.8 Å². The molecule has 0 amide bonds. The summed E-state index contributed by atoms with van der Waals surface area (Å²) in [4.78, 5) is 0. The van der Waals surface area contributed by atoms with Gasteiger partial charge in [-0.3, -0.25) is 0 Å². The van der Waals surface area contributed by atoms with Crippen LogP contribution >= 0.6 is 0 Å². The molecule has 3 rings (SSSR count). The molecule has 92 valence electrons. The van der Waals surface area contributed by atoms with Gasteiger partial charge in [-0.2, -0.15) is 0 Å². The summed E-state index contributed by atoms with van der Waals surface area (Å²) in [5, 5.41) is 3.46. The first-order valence-electron chi connectivity index (χ1n) is 6.47. The smallest absolute Gasteiger partial charge is 0.147 e. The fourth-order valence-corrected chi connectivity index (χ4v) is 2.58. The van der Waals surface area contributed by atoms with E-state index in [1.807, 2.05) is 0 Å². The highest BCUT2D eigenvalue weighted by Crippen LogP contribution is 2.25. The number of aryl methyl sites for hydroxylation is 2. The molecule has 1 heterocycles. The molecule has 1 aliphatic carbocycles. The Morgan fingerprint density at radius 3 is 3.06 bits per heavy atom. The maximum Gasteiger partial charge on any atom is 0.147 e. The Labute approximate surface area is 102 Å². The quantitative estimate of drug-likeness (QED) is 0.869. The van der Waals surface area contributed by atoms with Gasteiger partial charge in [0.25, 0.3) is 0 Å². The zero-order valence-electron chi connectivity index (χ0n) is 10.1. The molecular formula is C14H19NO2. The molecule has 3 nitrogen and oxygen atoms in total. The molecule has 1 unspecified atom stereocenters. The fraction of sp³-hybridized carbons (Fsp3) is 0.571. The average Bonchev–Trinajstić information content (AvgIpc) is 2.85. The normalized spacial score (nSPS) is 23.4. The number of fused-ring (bicyclic) bond motifs is 1. The Morgan fingerprint density at radius 1 is 1.24 bits per heavy atom. The molecule has 1 atom stereocenters. The lowest BCUT2D eigenvalue weighted by Crippen LogP contribution is -2.30. The van der Waals surface area contributed by atoms with Gasteiger partial charge in [0.05, 0.1) is 12.7 Å². The van der Waals surface area contributed by atoms with Crippen molar-refractivity contribution in [2.75, 3.05) is 25.3 Å². The molecule has 2 aliphatic rings. The Bertz CT molecular complexity index is 386. The van der Waals surface area contributed by atoms with E-state index in [1.54, 1.807) is 0 Å². The molecular weight excluding hydrogens is 214 g/mol. The van der Waals surface area contributed by atoms with Crippen LogP contribution in [-0.4, -0.2) is 26.0 Å². The molecule has 1 aromatic carbocycles. The molecule has 0 bridgehead atoms. The average molecular weight is 233 g/mol. The van der Waals surface area contributed by atoms with Crippen LogP contribution in [0.4, 0.5) is 5.69 Å². The van der Waals surface area contributed by atoms with Crippen LogP contribution in [0.1, 0.15) is 24.0 Å². The second kappa shape index (κ2) is 5.07. The Kier molecular flexibility index (Phi) is 3.29. The number of rotatable bonds is 3. The van der Waals surface area contributed by atoms with E-state index < -0.39 is 0 Å². The summed E-state index contributed by atoms with van der Waals surface area (Å²) in [6.45, 7) is 2.13. The van der Waals surface area contributed by atoms with Crippen molar-refractivity contribution < 1.29 is 9.47 Å². The highest BCUT2D eigenvalue weighted by molar-refractivity contribution is 5.50. The van der Waals surface area contributed by atoms with Crippen molar-refractivity contribution in [3.63, 3.8) is 0 Å². The van der Waals surface area contributed by atoms with Gasteiger partial charge in [0.15, 0.2) is 0 Å². The van der Waals surface area contributed by atoms with E-state index in [4.69, 9.17) is 9.47 Å². The highest BCUT2D eigenvalue weighted by atomic mass is 16.7. The van der Waals surface area contributed by atoms with Crippen molar-refractivity contribution >= 4 is 5.69 Å². The second-order valence-electron chi connectivity index (χ2n) is 4.82. The number of nitrogens with one attached hydrogen (secondary N) is 1. The van der Waals surface area contributed by atoms with E-state index in [0.29, 0.717) is 6.79 Å². The first kappa shape index (κ1) is 11.1. The molecule has 0 saturated carbocycles. The van der Waals surface area contributed by atoms with Gasteiger partial charge in [-0.05, 0) is 48.9 Å². The molecule has 3 heteroatoms. The molecule has 1 saturated heterocycles. The second-order valence-corrected chi connectivity index (χ2v) is 4.82. The van der Waals surface area contributed by atoms with E-state index >= 15 is 0 Å². The predicted molar refractivity (Wildman–Crippen MR) is 67.3 cm³/mol. The highest BCUT2D eigenvalue weighted by Gasteiger charge is 2.14. The number of hydrogen-bond acceptors (Lipinski definition) is 3. The summed E-state index contributed by atoms with van der Waals surface area (Å²) >= 11 is 0. The number of benzene rings is 1. The van der Waals surface area contributed by atoms with Crippen molar-refractivity contribution in [1.82, 2.24) is 0 Å². The first-order chi connectivity index (χ1) is 8.42. The van der Waals surface area contributed by atoms with Crippen molar-refractivity contribution in [2.24, 2.45) is 0 Å². The summed E-state index contributed by atoms with van der Waals surface area (Å²) in [7, 11) is 0. The van der Waals surface area contributed by atoms with Crippen LogP contribution in [0.5, 0.6) is 0 Å². The Balaban J connectivity index is 1.57. The van der Waals surface area contributed by atoms with Gasteiger partial charge in [-0.15, -0.1) is 0 Å². The zero-order chi connectivity index (χ0) is 11.5. The van der Waals surface area contributed by atoms with Crippen LogP contribution < -0.4 is 5.32 Å². The summed E-state index contributed by atoms with van der Waals surface area (Å²) in [5.41, 5.74) is 4.27. The van der Waals surface area contributed by atoms with E-state index in [1.165, 1.54) is 36.1 Å². The van der Waals surface area contributed by atoms with Crippen LogP contribution in [0.25, 0.3) is 0 Å². The van der Waals surface area contributed by atoms with E-state index in [0.717, 1.165) is 19.6 Å². The largest absolute Gasteiger partial charge is 0.382 e. The molecule has 1 aromatic rings. The van der Waals surface area contributed by atoms with E-state index in [2.05, 4.69) is 23.5 Å². The van der Waals surface area contributed by atoms with Crippen molar-refractivity contribution in [3.8, 4) is 0 Å². The van der Waals surface area contributed by atoms with Gasteiger partial charge in [0.2, 0.25) is 0 Å². The van der Waals surface area contributed by atoms with Gasteiger partial charge in [0, 0.05) is 12.2 Å². The lowest BCUT2D eigenvalue weighted by Gasteiger charge is -2.23. The fourth-order valence-electron chi connectivity index (χ4n) is 2.58. The van der Waals surface area contributed by atoms with Crippen LogP contribution in [0.3, 0.4) is 0 Å². The third-order valence-corrected chi connectivity index (χ3v) is 3.60.